The van der Waals surface area contributed by atoms with Crippen LogP contribution >= 0.6 is 12.4 Å². The molecule has 1 aromatic carbocycles. The second kappa shape index (κ2) is 4.09. The van der Waals surface area contributed by atoms with Crippen LogP contribution in [0, 0.1) is 13.8 Å². The van der Waals surface area contributed by atoms with E-state index in [9.17, 15) is 8.42 Å². The molecule has 0 unspecified atom stereocenters. The van der Waals surface area contributed by atoms with Gasteiger partial charge in [0.15, 0.2) is 0 Å². The maximum atomic E-state index is 10.8. The molecule has 13 heavy (non-hydrogen) atoms. The number of rotatable bonds is 1. The molecule has 0 spiro atoms. The lowest BCUT2D eigenvalue weighted by molar-refractivity contribution is 0.482. The van der Waals surface area contributed by atoms with E-state index in [0.717, 1.165) is 5.56 Å². The van der Waals surface area contributed by atoms with Crippen LogP contribution in [0.5, 0.6) is 0 Å². The van der Waals surface area contributed by atoms with Crippen molar-refractivity contribution in [3.8, 4) is 0 Å². The van der Waals surface area contributed by atoms with Crippen molar-refractivity contribution in [2.45, 2.75) is 18.7 Å². The molecule has 74 valence electrons. The fourth-order valence-corrected chi connectivity index (χ4v) is 1.79. The molecule has 0 aromatic heterocycles. The average molecular weight is 223 g/mol. The number of aryl methyl sites for hydroxylation is 2. The van der Waals surface area contributed by atoms with Gasteiger partial charge < -0.3 is 0 Å². The van der Waals surface area contributed by atoms with Gasteiger partial charge in [-0.15, -0.1) is 12.4 Å². The lowest BCUT2D eigenvalue weighted by Crippen LogP contribution is -2.00. The predicted molar refractivity (Wildman–Crippen MR) is 53.0 cm³/mol. The third-order valence-corrected chi connectivity index (χ3v) is 2.62. The molecule has 1 aromatic rings. The van der Waals surface area contributed by atoms with Gasteiger partial charge in [-0.1, -0.05) is 12.1 Å². The summed E-state index contributed by atoms with van der Waals surface area (Å²) >= 11 is 0. The highest BCUT2D eigenvalue weighted by atomic mass is 35.5. The third-order valence-electron chi connectivity index (χ3n) is 1.62. The average Bonchev–Trinajstić information content (AvgIpc) is 1.92. The summed E-state index contributed by atoms with van der Waals surface area (Å²) in [6.45, 7) is 3.41. The minimum Gasteiger partial charge on any atom is -0.282 e. The van der Waals surface area contributed by atoms with E-state index < -0.39 is 10.1 Å². The number of benzene rings is 1. The summed E-state index contributed by atoms with van der Waals surface area (Å²) in [5.74, 6) is 0. The highest BCUT2D eigenvalue weighted by Crippen LogP contribution is 2.15. The zero-order valence-electron chi connectivity index (χ0n) is 7.31. The highest BCUT2D eigenvalue weighted by Gasteiger charge is 2.11. The summed E-state index contributed by atoms with van der Waals surface area (Å²) in [7, 11) is -4.06. The molecule has 3 nitrogen and oxygen atoms in total. The molecule has 1 rings (SSSR count). The molecule has 0 saturated carbocycles. The molecule has 0 radical (unpaired) electrons. The first-order chi connectivity index (χ1) is 5.41. The first-order valence-electron chi connectivity index (χ1n) is 3.46. The SMILES string of the molecule is Cc1ccc(C)c(S(=O)(=O)O)c1.Cl. The van der Waals surface area contributed by atoms with E-state index in [1.165, 1.54) is 6.07 Å². The molecule has 0 saturated heterocycles. The van der Waals surface area contributed by atoms with Gasteiger partial charge in [-0.2, -0.15) is 8.42 Å². The molecule has 0 aliphatic rings. The van der Waals surface area contributed by atoms with Crippen molar-refractivity contribution in [1.29, 1.82) is 0 Å². The topological polar surface area (TPSA) is 54.4 Å². The van der Waals surface area contributed by atoms with Gasteiger partial charge in [0, 0.05) is 0 Å². The zero-order chi connectivity index (χ0) is 9.35. The Morgan fingerprint density at radius 2 is 1.77 bits per heavy atom. The van der Waals surface area contributed by atoms with Crippen LogP contribution in [0.4, 0.5) is 0 Å². The molecule has 0 aliphatic heterocycles. The molecule has 1 N–H and O–H groups in total. The van der Waals surface area contributed by atoms with Gasteiger partial charge in [0.1, 0.15) is 0 Å². The van der Waals surface area contributed by atoms with Crippen molar-refractivity contribution in [1.82, 2.24) is 0 Å². The Bertz CT molecular complexity index is 398. The standard InChI is InChI=1S/C8H10O3S.ClH/c1-6-3-4-7(2)8(5-6)12(9,10)11;/h3-5H,1-2H3,(H,9,10,11);1H. The fourth-order valence-electron chi connectivity index (χ4n) is 0.985. The Hall–Kier alpha value is -0.580. The van der Waals surface area contributed by atoms with Crippen LogP contribution in [0.2, 0.25) is 0 Å². The Balaban J connectivity index is 0.00000144. The molecule has 0 heterocycles. The van der Waals surface area contributed by atoms with Crippen LogP contribution in [0.15, 0.2) is 23.1 Å². The zero-order valence-corrected chi connectivity index (χ0v) is 8.95. The number of halogens is 1. The fraction of sp³-hybridized carbons (Fsp3) is 0.250. The van der Waals surface area contributed by atoms with Crippen molar-refractivity contribution in [3.63, 3.8) is 0 Å². The summed E-state index contributed by atoms with van der Waals surface area (Å²) in [6.07, 6.45) is 0. The van der Waals surface area contributed by atoms with Crippen molar-refractivity contribution in [2.75, 3.05) is 0 Å². The van der Waals surface area contributed by atoms with Crippen LogP contribution in [0.25, 0.3) is 0 Å². The van der Waals surface area contributed by atoms with E-state index in [1.807, 2.05) is 0 Å². The van der Waals surface area contributed by atoms with E-state index in [0.29, 0.717) is 5.56 Å². The van der Waals surface area contributed by atoms with Gasteiger partial charge in [-0.3, -0.25) is 4.55 Å². The second-order valence-corrected chi connectivity index (χ2v) is 4.13. The minimum atomic E-state index is -4.06. The normalized spacial score (nSPS) is 10.7. The van der Waals surface area contributed by atoms with E-state index in [-0.39, 0.29) is 17.3 Å². The Kier molecular flexibility index (Phi) is 3.90. The van der Waals surface area contributed by atoms with Crippen LogP contribution in [0.3, 0.4) is 0 Å². The third kappa shape index (κ3) is 2.99. The molecular formula is C8H11ClO3S. The van der Waals surface area contributed by atoms with E-state index in [2.05, 4.69) is 0 Å². The van der Waals surface area contributed by atoms with Crippen LogP contribution < -0.4 is 0 Å². The maximum absolute atomic E-state index is 10.8. The largest absolute Gasteiger partial charge is 0.294 e. The Morgan fingerprint density at radius 1 is 1.23 bits per heavy atom. The van der Waals surface area contributed by atoms with Crippen molar-refractivity contribution < 1.29 is 13.0 Å². The van der Waals surface area contributed by atoms with Crippen molar-refractivity contribution >= 4 is 22.5 Å². The molecular weight excluding hydrogens is 212 g/mol. The van der Waals surface area contributed by atoms with Gasteiger partial charge in [0.2, 0.25) is 0 Å². The smallest absolute Gasteiger partial charge is 0.282 e. The first-order valence-corrected chi connectivity index (χ1v) is 4.90. The van der Waals surface area contributed by atoms with Crippen LogP contribution in [-0.2, 0) is 10.1 Å². The highest BCUT2D eigenvalue weighted by molar-refractivity contribution is 7.85. The summed E-state index contributed by atoms with van der Waals surface area (Å²) in [4.78, 5) is -0.0116. The predicted octanol–water partition coefficient (Wildman–Crippen LogP) is 1.97. The maximum Gasteiger partial charge on any atom is 0.294 e. The summed E-state index contributed by atoms with van der Waals surface area (Å²) in [5.41, 5.74) is 1.37. The van der Waals surface area contributed by atoms with Gasteiger partial charge in [0.05, 0.1) is 4.90 Å². The summed E-state index contributed by atoms with van der Waals surface area (Å²) < 4.78 is 30.3. The van der Waals surface area contributed by atoms with Gasteiger partial charge in [-0.25, -0.2) is 0 Å². The van der Waals surface area contributed by atoms with Crippen molar-refractivity contribution in [3.05, 3.63) is 29.3 Å². The van der Waals surface area contributed by atoms with Crippen LogP contribution in [-0.4, -0.2) is 13.0 Å². The lowest BCUT2D eigenvalue weighted by atomic mass is 10.2. The molecule has 0 bridgehead atoms. The summed E-state index contributed by atoms with van der Waals surface area (Å²) in [5, 5.41) is 0. The van der Waals surface area contributed by atoms with Gasteiger partial charge in [-0.05, 0) is 31.0 Å². The van der Waals surface area contributed by atoms with E-state index in [1.54, 1.807) is 26.0 Å². The Morgan fingerprint density at radius 3 is 2.15 bits per heavy atom. The molecule has 0 atom stereocenters. The molecule has 5 heteroatoms. The quantitative estimate of drug-likeness (QED) is 0.740. The van der Waals surface area contributed by atoms with E-state index >= 15 is 0 Å². The van der Waals surface area contributed by atoms with Gasteiger partial charge >= 0.3 is 0 Å². The molecule has 0 aliphatic carbocycles. The first kappa shape index (κ1) is 12.4. The monoisotopic (exact) mass is 222 g/mol. The molecule has 0 amide bonds. The Labute approximate surface area is 83.9 Å². The number of hydrogen-bond acceptors (Lipinski definition) is 2. The molecule has 0 fully saturated rings. The number of hydrogen-bond donors (Lipinski definition) is 1. The lowest BCUT2D eigenvalue weighted by Gasteiger charge is -2.02. The van der Waals surface area contributed by atoms with Crippen molar-refractivity contribution in [2.24, 2.45) is 0 Å². The second-order valence-electron chi connectivity index (χ2n) is 2.74. The van der Waals surface area contributed by atoms with E-state index in [4.69, 9.17) is 4.55 Å². The van der Waals surface area contributed by atoms with Gasteiger partial charge in [0.25, 0.3) is 10.1 Å². The summed E-state index contributed by atoms with van der Waals surface area (Å²) in [6, 6.07) is 4.91. The minimum absolute atomic E-state index is 0. The van der Waals surface area contributed by atoms with Crippen LogP contribution in [0.1, 0.15) is 11.1 Å².